The third kappa shape index (κ3) is 6.19. The average molecular weight is 351 g/mol. The maximum atomic E-state index is 12.1. The summed E-state index contributed by atoms with van der Waals surface area (Å²) in [6, 6.07) is 8.89. The third-order valence-electron chi connectivity index (χ3n) is 3.74. The van der Waals surface area contributed by atoms with Gasteiger partial charge in [-0.25, -0.2) is 0 Å². The molecule has 1 aromatic carbocycles. The Morgan fingerprint density at radius 3 is 2.29 bits per heavy atom. The van der Waals surface area contributed by atoms with Crippen LogP contribution in [-0.4, -0.2) is 42.4 Å². The van der Waals surface area contributed by atoms with Crippen LogP contribution in [0.5, 0.6) is 0 Å². The van der Waals surface area contributed by atoms with Gasteiger partial charge in [0.15, 0.2) is 0 Å². The number of likely N-dealkylation sites (N-methyl/N-ethyl adjacent to an activating group) is 1. The van der Waals surface area contributed by atoms with Crippen LogP contribution in [0.15, 0.2) is 24.3 Å². The predicted molar refractivity (Wildman–Crippen MR) is 94.6 cm³/mol. The van der Waals surface area contributed by atoms with Gasteiger partial charge in [0.2, 0.25) is 11.8 Å². The fraction of sp³-hybridized carbons (Fsp3) is 0.471. The highest BCUT2D eigenvalue weighted by atomic mass is 35.5. The van der Waals surface area contributed by atoms with Crippen molar-refractivity contribution in [2.24, 2.45) is 5.92 Å². The number of rotatable bonds is 7. The number of hydrogen-bond acceptors (Lipinski definition) is 4. The van der Waals surface area contributed by atoms with Crippen molar-refractivity contribution in [2.45, 2.75) is 26.3 Å². The topological polar surface area (TPSA) is 85.2 Å². The normalized spacial score (nSPS) is 13.2. The minimum Gasteiger partial charge on any atom is -0.337 e. The Kier molecular flexibility index (Phi) is 7.20. The monoisotopic (exact) mass is 350 g/mol. The molecule has 0 radical (unpaired) electrons. The predicted octanol–water partition coefficient (Wildman–Crippen LogP) is 2.26. The summed E-state index contributed by atoms with van der Waals surface area (Å²) in [4.78, 5) is 25.6. The zero-order chi connectivity index (χ0) is 18.3. The number of amides is 2. The van der Waals surface area contributed by atoms with E-state index in [2.05, 4.69) is 16.7 Å². The van der Waals surface area contributed by atoms with Gasteiger partial charge in [-0.2, -0.15) is 5.26 Å². The molecule has 0 bridgehead atoms. The van der Waals surface area contributed by atoms with Gasteiger partial charge in [0.05, 0.1) is 19.2 Å². The molecule has 0 saturated carbocycles. The molecule has 0 spiro atoms. The Labute approximate surface area is 147 Å². The van der Waals surface area contributed by atoms with Crippen molar-refractivity contribution in [3.8, 4) is 6.07 Å². The fourth-order valence-electron chi connectivity index (χ4n) is 1.91. The lowest BCUT2D eigenvalue weighted by Crippen LogP contribution is -2.51. The molecule has 2 N–H and O–H groups in total. The molecule has 0 aromatic heterocycles. The largest absolute Gasteiger partial charge is 0.337 e. The molecule has 0 saturated heterocycles. The number of carbonyl (C=O) groups excluding carboxylic acids is 2. The van der Waals surface area contributed by atoms with E-state index in [0.717, 1.165) is 0 Å². The van der Waals surface area contributed by atoms with Gasteiger partial charge in [0, 0.05) is 10.7 Å². The lowest BCUT2D eigenvalue weighted by molar-refractivity contribution is -0.124. The number of carbonyl (C=O) groups is 2. The van der Waals surface area contributed by atoms with Gasteiger partial charge >= 0.3 is 0 Å². The molecule has 0 unspecified atom stereocenters. The molecule has 1 aromatic rings. The lowest BCUT2D eigenvalue weighted by atomic mass is 9.90. The Morgan fingerprint density at radius 1 is 1.25 bits per heavy atom. The number of halogens is 1. The number of benzene rings is 1. The van der Waals surface area contributed by atoms with Crippen LogP contribution in [0.4, 0.5) is 5.69 Å². The Morgan fingerprint density at radius 2 is 1.79 bits per heavy atom. The number of anilines is 1. The highest BCUT2D eigenvalue weighted by Gasteiger charge is 2.30. The fourth-order valence-corrected chi connectivity index (χ4v) is 2.04. The number of nitrogens with one attached hydrogen (secondary N) is 2. The molecular formula is C17H23ClN4O2. The second-order valence-electron chi connectivity index (χ2n) is 6.24. The van der Waals surface area contributed by atoms with Crippen molar-refractivity contribution in [3.05, 3.63) is 29.3 Å². The van der Waals surface area contributed by atoms with Gasteiger partial charge in [-0.1, -0.05) is 25.4 Å². The molecular weight excluding hydrogens is 328 g/mol. The van der Waals surface area contributed by atoms with Crippen molar-refractivity contribution in [3.63, 3.8) is 0 Å². The first-order valence-electron chi connectivity index (χ1n) is 7.62. The average Bonchev–Trinajstić information content (AvgIpc) is 2.48. The van der Waals surface area contributed by atoms with E-state index in [9.17, 15) is 14.9 Å². The summed E-state index contributed by atoms with van der Waals surface area (Å²) >= 11 is 5.79. The molecule has 1 atom stereocenters. The van der Waals surface area contributed by atoms with Crippen molar-refractivity contribution >= 4 is 29.1 Å². The molecule has 0 aliphatic carbocycles. The van der Waals surface area contributed by atoms with Crippen LogP contribution in [-0.2, 0) is 9.59 Å². The van der Waals surface area contributed by atoms with Crippen molar-refractivity contribution < 1.29 is 9.59 Å². The van der Waals surface area contributed by atoms with Crippen LogP contribution in [0.25, 0.3) is 0 Å². The van der Waals surface area contributed by atoms with Crippen molar-refractivity contribution in [1.82, 2.24) is 10.2 Å². The smallest absolute Gasteiger partial charge is 0.238 e. The Bertz CT molecular complexity index is 624. The van der Waals surface area contributed by atoms with E-state index in [1.165, 1.54) is 0 Å². The minimum absolute atomic E-state index is 0.0232. The van der Waals surface area contributed by atoms with Crippen LogP contribution in [0.3, 0.4) is 0 Å². The Hall–Kier alpha value is -2.10. The highest BCUT2D eigenvalue weighted by molar-refractivity contribution is 6.30. The summed E-state index contributed by atoms with van der Waals surface area (Å²) in [5, 5.41) is 15.2. The second-order valence-corrected chi connectivity index (χ2v) is 6.68. The van der Waals surface area contributed by atoms with Gasteiger partial charge < -0.3 is 10.6 Å². The first-order chi connectivity index (χ1) is 11.2. The van der Waals surface area contributed by atoms with Gasteiger partial charge in [0.1, 0.15) is 5.54 Å². The van der Waals surface area contributed by atoms with E-state index in [0.29, 0.717) is 10.7 Å². The summed E-state index contributed by atoms with van der Waals surface area (Å²) in [5.41, 5.74) is -0.289. The molecule has 2 amide bonds. The number of nitrogens with zero attached hydrogens (tertiary/aromatic N) is 2. The molecule has 0 aliphatic rings. The highest BCUT2D eigenvalue weighted by Crippen LogP contribution is 2.15. The van der Waals surface area contributed by atoms with Crippen molar-refractivity contribution in [1.29, 1.82) is 5.26 Å². The quantitative estimate of drug-likeness (QED) is 0.790. The first kappa shape index (κ1) is 19.9. The zero-order valence-corrected chi connectivity index (χ0v) is 15.1. The van der Waals surface area contributed by atoms with E-state index in [4.69, 9.17) is 11.6 Å². The molecule has 6 nitrogen and oxygen atoms in total. The van der Waals surface area contributed by atoms with E-state index in [1.54, 1.807) is 43.1 Å². The molecule has 24 heavy (non-hydrogen) atoms. The SMILES string of the molecule is CC(C)[C@@](C)(C#N)NC(=O)CN(C)CC(=O)Nc1ccc(Cl)cc1. The van der Waals surface area contributed by atoms with Crippen LogP contribution in [0.2, 0.25) is 5.02 Å². The second kappa shape index (κ2) is 8.67. The van der Waals surface area contributed by atoms with E-state index < -0.39 is 5.54 Å². The summed E-state index contributed by atoms with van der Waals surface area (Å²) < 4.78 is 0. The molecule has 1 rings (SSSR count). The van der Waals surface area contributed by atoms with Gasteiger partial charge in [0.25, 0.3) is 0 Å². The standard InChI is InChI=1S/C17H23ClN4O2/c1-12(2)17(3,11-19)21-16(24)10-22(4)9-15(23)20-14-7-5-13(18)6-8-14/h5-8,12H,9-10H2,1-4H3,(H,20,23)(H,21,24)/t17-/m1/s1. The molecule has 0 aliphatic heterocycles. The van der Waals surface area contributed by atoms with Crippen LogP contribution in [0, 0.1) is 17.2 Å². The molecule has 0 heterocycles. The summed E-state index contributed by atoms with van der Waals surface area (Å²) in [6.45, 7) is 5.50. The lowest BCUT2D eigenvalue weighted by Gasteiger charge is -2.28. The molecule has 7 heteroatoms. The zero-order valence-electron chi connectivity index (χ0n) is 14.4. The summed E-state index contributed by atoms with van der Waals surface area (Å²) in [5.74, 6) is -0.556. The third-order valence-corrected chi connectivity index (χ3v) is 3.99. The summed E-state index contributed by atoms with van der Waals surface area (Å²) in [7, 11) is 1.67. The molecule has 0 fully saturated rings. The number of hydrogen-bond donors (Lipinski definition) is 2. The van der Waals surface area contributed by atoms with E-state index in [-0.39, 0.29) is 30.8 Å². The van der Waals surface area contributed by atoms with Crippen molar-refractivity contribution in [2.75, 3.05) is 25.5 Å². The first-order valence-corrected chi connectivity index (χ1v) is 8.00. The summed E-state index contributed by atoms with van der Waals surface area (Å²) in [6.07, 6.45) is 0. The maximum Gasteiger partial charge on any atom is 0.238 e. The number of nitriles is 1. The Balaban J connectivity index is 2.49. The van der Waals surface area contributed by atoms with E-state index in [1.807, 2.05) is 13.8 Å². The van der Waals surface area contributed by atoms with Crippen LogP contribution < -0.4 is 10.6 Å². The van der Waals surface area contributed by atoms with Gasteiger partial charge in [-0.05, 0) is 44.2 Å². The van der Waals surface area contributed by atoms with E-state index >= 15 is 0 Å². The molecule has 130 valence electrons. The van der Waals surface area contributed by atoms with Crippen LogP contribution in [0.1, 0.15) is 20.8 Å². The maximum absolute atomic E-state index is 12.1. The van der Waals surface area contributed by atoms with Gasteiger partial charge in [-0.3, -0.25) is 14.5 Å². The minimum atomic E-state index is -0.927. The van der Waals surface area contributed by atoms with Crippen LogP contribution >= 0.6 is 11.6 Å². The van der Waals surface area contributed by atoms with Gasteiger partial charge in [-0.15, -0.1) is 0 Å².